The first-order valence-electron chi connectivity index (χ1n) is 10.1. The summed E-state index contributed by atoms with van der Waals surface area (Å²) in [5.74, 6) is -0.935. The molecular weight excluding hydrogens is 448 g/mol. The van der Waals surface area contributed by atoms with Crippen LogP contribution in [0, 0.1) is 0 Å². The molecule has 1 saturated heterocycles. The number of rotatable bonds is 9. The average molecular weight is 472 g/mol. The normalized spacial score (nSPS) is 15.9. The lowest BCUT2D eigenvalue weighted by atomic mass is 9.93. The van der Waals surface area contributed by atoms with Crippen molar-refractivity contribution in [3.8, 4) is 0 Å². The van der Waals surface area contributed by atoms with Crippen LogP contribution in [-0.2, 0) is 25.6 Å². The molecule has 9 heteroatoms. The predicted molar refractivity (Wildman–Crippen MR) is 123 cm³/mol. The molecule has 0 aliphatic carbocycles. The summed E-state index contributed by atoms with van der Waals surface area (Å²) in [5.41, 5.74) is 2.72. The van der Waals surface area contributed by atoms with Gasteiger partial charge in [0.2, 0.25) is 0 Å². The summed E-state index contributed by atoms with van der Waals surface area (Å²) >= 11 is -2.91. The Kier molecular flexibility index (Phi) is 7.02. The smallest absolute Gasteiger partial charge is 0.261 e. The molecule has 1 atom stereocenters. The zero-order chi connectivity index (χ0) is 22.6. The van der Waals surface area contributed by atoms with Crippen LogP contribution in [0.25, 0.3) is 0 Å². The zero-order valence-electron chi connectivity index (χ0n) is 17.2. The van der Waals surface area contributed by atoms with Crippen molar-refractivity contribution in [3.63, 3.8) is 0 Å². The lowest BCUT2D eigenvalue weighted by Crippen LogP contribution is -2.62. The van der Waals surface area contributed by atoms with E-state index in [0.717, 1.165) is 11.1 Å². The minimum absolute atomic E-state index is 0.0145. The molecule has 1 aliphatic rings. The monoisotopic (exact) mass is 471 g/mol. The highest BCUT2D eigenvalue weighted by Gasteiger charge is 2.41. The van der Waals surface area contributed by atoms with Crippen LogP contribution < -0.4 is 4.31 Å². The Morgan fingerprint density at radius 2 is 1.38 bits per heavy atom. The minimum Gasteiger partial charge on any atom is -0.750 e. The highest BCUT2D eigenvalue weighted by molar-refractivity contribution is 7.93. The molecule has 1 fully saturated rings. The number of hydrogen-bond donors (Lipinski definition) is 0. The van der Waals surface area contributed by atoms with Crippen LogP contribution >= 0.6 is 0 Å². The maximum Gasteiger partial charge on any atom is 0.261 e. The molecule has 7 nitrogen and oxygen atoms in total. The van der Waals surface area contributed by atoms with Gasteiger partial charge in [-0.1, -0.05) is 78.9 Å². The Bertz CT molecular complexity index is 1100. The third-order valence-corrected chi connectivity index (χ3v) is 7.41. The van der Waals surface area contributed by atoms with E-state index in [1.54, 1.807) is 30.3 Å². The number of anilines is 1. The predicted octanol–water partition coefficient (Wildman–Crippen LogP) is 3.06. The molecule has 0 spiro atoms. The van der Waals surface area contributed by atoms with E-state index in [-0.39, 0.29) is 12.1 Å². The maximum absolute atomic E-state index is 13.0. The van der Waals surface area contributed by atoms with Crippen LogP contribution in [0.5, 0.6) is 0 Å². The van der Waals surface area contributed by atoms with Gasteiger partial charge in [-0.2, -0.15) is 0 Å². The summed E-state index contributed by atoms with van der Waals surface area (Å²) in [6, 6.07) is 28.5. The Hall–Kier alpha value is -2.56. The summed E-state index contributed by atoms with van der Waals surface area (Å²) in [7, 11) is -4.02. The molecule has 168 valence electrons. The van der Waals surface area contributed by atoms with Gasteiger partial charge in [-0.15, -0.1) is 0 Å². The number of nitrogens with zero attached hydrogens (tertiary/aromatic N) is 2. The van der Waals surface area contributed by atoms with E-state index >= 15 is 0 Å². The first kappa shape index (κ1) is 22.6. The summed E-state index contributed by atoms with van der Waals surface area (Å²) in [4.78, 5) is 2.22. The Morgan fingerprint density at radius 3 is 1.84 bits per heavy atom. The van der Waals surface area contributed by atoms with Crippen LogP contribution in [-0.4, -0.2) is 47.1 Å². The topological polar surface area (TPSA) is 90.0 Å². The SMILES string of the molecule is O=S([O-])OCS(=O)(=O)N(c1ccccc1)C1CN(C(c2ccccc2)c2ccccc2)C1. The molecule has 4 rings (SSSR count). The Balaban J connectivity index is 1.60. The van der Waals surface area contributed by atoms with Gasteiger partial charge in [-0.3, -0.25) is 13.4 Å². The standard InChI is InChI=1S/C23H24N2O5S2/c26-31(27)30-18-32(28,29)25(21-14-8-3-9-15-21)22-16-24(17-22)23(19-10-4-1-5-11-19)20-12-6-2-7-13-20/h1-15,22-23H,16-18H2,(H,26,27)/p-1. The highest BCUT2D eigenvalue weighted by atomic mass is 32.2. The van der Waals surface area contributed by atoms with Crippen molar-refractivity contribution in [3.05, 3.63) is 102 Å². The van der Waals surface area contributed by atoms with Gasteiger partial charge in [0.1, 0.15) is 0 Å². The van der Waals surface area contributed by atoms with Crippen LogP contribution in [0.1, 0.15) is 17.2 Å². The molecule has 3 aromatic carbocycles. The summed E-state index contributed by atoms with van der Waals surface area (Å²) in [6.45, 7) is 0.978. The quantitative estimate of drug-likeness (QED) is 0.446. The van der Waals surface area contributed by atoms with Crippen LogP contribution in [0.4, 0.5) is 5.69 Å². The number of sulfonamides is 1. The van der Waals surface area contributed by atoms with Crippen molar-refractivity contribution in [2.24, 2.45) is 0 Å². The summed E-state index contributed by atoms with van der Waals surface area (Å²) in [5, 5.41) is 0. The van der Waals surface area contributed by atoms with Gasteiger partial charge >= 0.3 is 0 Å². The van der Waals surface area contributed by atoms with Crippen molar-refractivity contribution in [2.75, 3.05) is 23.3 Å². The molecule has 0 amide bonds. The van der Waals surface area contributed by atoms with Crippen LogP contribution in [0.2, 0.25) is 0 Å². The van der Waals surface area contributed by atoms with E-state index < -0.39 is 27.3 Å². The molecule has 0 radical (unpaired) electrons. The highest BCUT2D eigenvalue weighted by Crippen LogP contribution is 2.35. The van der Waals surface area contributed by atoms with E-state index in [9.17, 15) is 17.2 Å². The van der Waals surface area contributed by atoms with E-state index in [2.05, 4.69) is 33.3 Å². The third-order valence-electron chi connectivity index (χ3n) is 5.42. The van der Waals surface area contributed by atoms with Gasteiger partial charge in [-0.05, 0) is 23.3 Å². The van der Waals surface area contributed by atoms with Crippen LogP contribution in [0.3, 0.4) is 0 Å². The van der Waals surface area contributed by atoms with Crippen molar-refractivity contribution in [1.29, 1.82) is 0 Å². The summed E-state index contributed by atoms with van der Waals surface area (Å²) in [6.07, 6.45) is 0. The van der Waals surface area contributed by atoms with Crippen molar-refractivity contribution < 1.29 is 21.4 Å². The van der Waals surface area contributed by atoms with Gasteiger partial charge < -0.3 is 4.55 Å². The van der Waals surface area contributed by atoms with Crippen LogP contribution in [0.15, 0.2) is 91.0 Å². The van der Waals surface area contributed by atoms with Crippen molar-refractivity contribution >= 4 is 27.1 Å². The number of likely N-dealkylation sites (tertiary alicyclic amines) is 1. The molecular formula is C23H23N2O5S2-. The van der Waals surface area contributed by atoms with Crippen molar-refractivity contribution in [1.82, 2.24) is 4.90 Å². The first-order chi connectivity index (χ1) is 15.5. The average Bonchev–Trinajstić information content (AvgIpc) is 2.78. The second-order valence-electron chi connectivity index (χ2n) is 7.51. The number of hydrogen-bond acceptors (Lipinski definition) is 6. The van der Waals surface area contributed by atoms with E-state index in [1.165, 1.54) is 4.31 Å². The molecule has 3 aromatic rings. The van der Waals surface area contributed by atoms with Gasteiger partial charge in [0.25, 0.3) is 10.0 Å². The maximum atomic E-state index is 13.0. The zero-order valence-corrected chi connectivity index (χ0v) is 18.8. The fraction of sp³-hybridized carbons (Fsp3) is 0.217. The van der Waals surface area contributed by atoms with E-state index in [0.29, 0.717) is 18.8 Å². The second kappa shape index (κ2) is 9.93. The molecule has 1 heterocycles. The molecule has 1 unspecified atom stereocenters. The molecule has 1 aliphatic heterocycles. The van der Waals surface area contributed by atoms with Gasteiger partial charge in [0.05, 0.1) is 29.1 Å². The molecule has 0 aromatic heterocycles. The number of para-hydroxylation sites is 1. The third kappa shape index (κ3) is 5.08. The van der Waals surface area contributed by atoms with E-state index in [1.807, 2.05) is 36.4 Å². The van der Waals surface area contributed by atoms with Gasteiger partial charge in [0.15, 0.2) is 5.94 Å². The first-order valence-corrected chi connectivity index (χ1v) is 12.7. The Labute approximate surface area is 190 Å². The lowest BCUT2D eigenvalue weighted by Gasteiger charge is -2.49. The fourth-order valence-corrected chi connectivity index (χ4v) is 6.01. The fourth-order valence-electron chi connectivity index (χ4n) is 4.06. The van der Waals surface area contributed by atoms with Gasteiger partial charge in [0, 0.05) is 13.1 Å². The largest absolute Gasteiger partial charge is 0.750 e. The second-order valence-corrected chi connectivity index (χ2v) is 9.95. The Morgan fingerprint density at radius 1 is 0.906 bits per heavy atom. The molecule has 0 bridgehead atoms. The van der Waals surface area contributed by atoms with Crippen molar-refractivity contribution in [2.45, 2.75) is 12.1 Å². The minimum atomic E-state index is -4.02. The summed E-state index contributed by atoms with van der Waals surface area (Å²) < 4.78 is 53.3. The molecule has 32 heavy (non-hydrogen) atoms. The molecule has 0 N–H and O–H groups in total. The van der Waals surface area contributed by atoms with Gasteiger partial charge in [-0.25, -0.2) is 12.6 Å². The van der Waals surface area contributed by atoms with E-state index in [4.69, 9.17) is 0 Å². The lowest BCUT2D eigenvalue weighted by molar-refractivity contribution is 0.116. The number of benzene rings is 3. The molecule has 0 saturated carbocycles.